The van der Waals surface area contributed by atoms with Gasteiger partial charge in [-0.2, -0.15) is 0 Å². The molecule has 9 heteroatoms. The zero-order valence-electron chi connectivity index (χ0n) is 11.2. The van der Waals surface area contributed by atoms with Crippen molar-refractivity contribution in [1.82, 2.24) is 25.1 Å². The van der Waals surface area contributed by atoms with Crippen molar-refractivity contribution in [2.45, 2.75) is 13.0 Å². The van der Waals surface area contributed by atoms with Gasteiger partial charge in [0.25, 0.3) is 0 Å². The van der Waals surface area contributed by atoms with Crippen LogP contribution >= 0.6 is 0 Å². The summed E-state index contributed by atoms with van der Waals surface area (Å²) in [4.78, 5) is 26.9. The number of fused-ring (bicyclic) bond motifs is 1. The van der Waals surface area contributed by atoms with E-state index >= 15 is 0 Å². The average Bonchev–Trinajstić information content (AvgIpc) is 3.09. The van der Waals surface area contributed by atoms with Crippen molar-refractivity contribution in [3.05, 3.63) is 30.2 Å². The molecule has 0 aliphatic rings. The predicted octanol–water partition coefficient (Wildman–Crippen LogP) is 0.668. The Kier molecular flexibility index (Phi) is 3.56. The summed E-state index contributed by atoms with van der Waals surface area (Å²) in [6, 6.07) is 1.68. The molecule has 9 nitrogen and oxygen atoms in total. The number of imidazole rings is 1. The number of ether oxygens (including phenoxy) is 1. The van der Waals surface area contributed by atoms with Gasteiger partial charge in [0.1, 0.15) is 18.5 Å². The normalized spacial score (nSPS) is 10.9. The lowest BCUT2D eigenvalue weighted by Crippen LogP contribution is -2.16. The maximum Gasteiger partial charge on any atom is 0.231 e. The number of hydrogen-bond acceptors (Lipinski definition) is 7. The Balaban J connectivity index is 1.69. The number of nitrogens with zero attached hydrogens (tertiary/aromatic N) is 4. The molecule has 1 amide bonds. The lowest BCUT2D eigenvalue weighted by atomic mass is 10.2. The number of amides is 1. The lowest BCUT2D eigenvalue weighted by molar-refractivity contribution is -0.115. The van der Waals surface area contributed by atoms with Crippen LogP contribution in [0.3, 0.4) is 0 Å². The summed E-state index contributed by atoms with van der Waals surface area (Å²) >= 11 is 0. The summed E-state index contributed by atoms with van der Waals surface area (Å²) in [6.45, 7) is 0.315. The van der Waals surface area contributed by atoms with Gasteiger partial charge in [0.2, 0.25) is 5.91 Å². The fraction of sp³-hybridized carbons (Fsp3) is 0.250. The van der Waals surface area contributed by atoms with E-state index in [9.17, 15) is 4.79 Å². The minimum Gasteiger partial charge on any atom is -0.377 e. The molecule has 0 unspecified atom stereocenters. The number of hydrogen-bond donors (Lipinski definition) is 2. The van der Waals surface area contributed by atoms with Crippen molar-refractivity contribution in [3.8, 4) is 0 Å². The predicted molar refractivity (Wildman–Crippen MR) is 71.2 cm³/mol. The molecule has 0 atom stereocenters. The molecular weight excluding hydrogens is 276 g/mol. The van der Waals surface area contributed by atoms with Crippen molar-refractivity contribution in [1.29, 1.82) is 0 Å². The molecule has 2 N–H and O–H groups in total. The third-order valence-corrected chi connectivity index (χ3v) is 2.72. The topological polar surface area (TPSA) is 119 Å². The monoisotopic (exact) mass is 288 g/mol. The maximum absolute atomic E-state index is 12.0. The second-order valence-corrected chi connectivity index (χ2v) is 4.27. The molecule has 0 aliphatic heterocycles. The van der Waals surface area contributed by atoms with E-state index in [1.807, 2.05) is 0 Å². The van der Waals surface area contributed by atoms with Crippen LogP contribution in [0.4, 0.5) is 5.82 Å². The van der Waals surface area contributed by atoms with Gasteiger partial charge in [-0.25, -0.2) is 15.0 Å². The van der Waals surface area contributed by atoms with Crippen LogP contribution in [0.2, 0.25) is 0 Å². The number of anilines is 1. The van der Waals surface area contributed by atoms with Crippen LogP contribution < -0.4 is 5.32 Å². The molecule has 108 valence electrons. The first-order valence-electron chi connectivity index (χ1n) is 6.13. The van der Waals surface area contributed by atoms with E-state index < -0.39 is 0 Å². The molecule has 21 heavy (non-hydrogen) atoms. The Bertz CT molecular complexity index is 765. The summed E-state index contributed by atoms with van der Waals surface area (Å²) in [5.74, 6) is 0.684. The second-order valence-electron chi connectivity index (χ2n) is 4.27. The SMILES string of the molecule is COCc1cc(CC(=O)Nc2ncnc3nc[nH]c23)no1. The molecule has 0 aliphatic carbocycles. The Morgan fingerprint density at radius 3 is 3.19 bits per heavy atom. The van der Waals surface area contributed by atoms with Crippen LogP contribution in [0.5, 0.6) is 0 Å². The third-order valence-electron chi connectivity index (χ3n) is 2.72. The van der Waals surface area contributed by atoms with Crippen LogP contribution in [0.25, 0.3) is 11.2 Å². The number of H-pyrrole nitrogens is 1. The first-order valence-corrected chi connectivity index (χ1v) is 6.13. The van der Waals surface area contributed by atoms with Crippen molar-refractivity contribution in [2.75, 3.05) is 12.4 Å². The average molecular weight is 288 g/mol. The Labute approximate surface area is 118 Å². The van der Waals surface area contributed by atoms with Gasteiger partial charge >= 0.3 is 0 Å². The van der Waals surface area contributed by atoms with Crippen molar-refractivity contribution >= 4 is 22.9 Å². The molecular formula is C12H12N6O3. The molecule has 0 bridgehead atoms. The van der Waals surface area contributed by atoms with Crippen molar-refractivity contribution in [3.63, 3.8) is 0 Å². The Morgan fingerprint density at radius 1 is 1.43 bits per heavy atom. The largest absolute Gasteiger partial charge is 0.377 e. The Hall–Kier alpha value is -2.81. The van der Waals surface area contributed by atoms with Gasteiger partial charge in [-0.05, 0) is 0 Å². The minimum absolute atomic E-state index is 0.0762. The number of carbonyl (C=O) groups is 1. The van der Waals surface area contributed by atoms with Gasteiger partial charge in [0.05, 0.1) is 18.4 Å². The van der Waals surface area contributed by atoms with E-state index in [4.69, 9.17) is 9.26 Å². The molecule has 3 aromatic rings. The van der Waals surface area contributed by atoms with Crippen LogP contribution in [0, 0.1) is 0 Å². The first kappa shape index (κ1) is 13.2. The molecule has 0 aromatic carbocycles. The number of methoxy groups -OCH3 is 1. The molecule has 0 saturated carbocycles. The zero-order valence-corrected chi connectivity index (χ0v) is 11.2. The number of aromatic nitrogens is 5. The molecule has 3 heterocycles. The summed E-state index contributed by atoms with van der Waals surface area (Å²) in [5, 5.41) is 6.49. The fourth-order valence-corrected chi connectivity index (χ4v) is 1.85. The summed E-state index contributed by atoms with van der Waals surface area (Å²) in [7, 11) is 1.56. The van der Waals surface area contributed by atoms with Gasteiger partial charge in [-0.1, -0.05) is 5.16 Å². The molecule has 3 aromatic heterocycles. The quantitative estimate of drug-likeness (QED) is 0.708. The maximum atomic E-state index is 12.0. The highest BCUT2D eigenvalue weighted by atomic mass is 16.5. The molecule has 0 spiro atoms. The van der Waals surface area contributed by atoms with E-state index in [2.05, 4.69) is 30.4 Å². The summed E-state index contributed by atoms with van der Waals surface area (Å²) in [6.07, 6.45) is 2.90. The minimum atomic E-state index is -0.262. The standard InChI is InChI=1S/C12H12N6O3/c1-20-4-8-2-7(18-21-8)3-9(19)17-12-10-11(14-5-13-10)15-6-16-12/h2,5-6H,3-4H2,1H3,(H2,13,14,15,16,17,19). The van der Waals surface area contributed by atoms with Gasteiger partial charge in [0, 0.05) is 13.2 Å². The number of nitrogens with one attached hydrogen (secondary N) is 2. The molecule has 0 saturated heterocycles. The summed E-state index contributed by atoms with van der Waals surface area (Å²) < 4.78 is 9.94. The van der Waals surface area contributed by atoms with Gasteiger partial charge in [-0.3, -0.25) is 4.79 Å². The van der Waals surface area contributed by atoms with Crippen molar-refractivity contribution in [2.24, 2.45) is 0 Å². The highest BCUT2D eigenvalue weighted by Gasteiger charge is 2.12. The van der Waals surface area contributed by atoms with Gasteiger partial charge < -0.3 is 19.6 Å². The number of rotatable bonds is 5. The van der Waals surface area contributed by atoms with E-state index in [0.717, 1.165) is 0 Å². The van der Waals surface area contributed by atoms with Gasteiger partial charge in [-0.15, -0.1) is 0 Å². The van der Waals surface area contributed by atoms with E-state index in [-0.39, 0.29) is 12.3 Å². The zero-order chi connectivity index (χ0) is 14.7. The molecule has 0 fully saturated rings. The number of carbonyl (C=O) groups excluding carboxylic acids is 1. The highest BCUT2D eigenvalue weighted by molar-refractivity contribution is 5.97. The molecule has 0 radical (unpaired) electrons. The van der Waals surface area contributed by atoms with E-state index in [1.165, 1.54) is 12.7 Å². The molecule has 3 rings (SSSR count). The van der Waals surface area contributed by atoms with Crippen LogP contribution in [0.1, 0.15) is 11.5 Å². The van der Waals surface area contributed by atoms with E-state index in [0.29, 0.717) is 35.0 Å². The van der Waals surface area contributed by atoms with Crippen LogP contribution in [0.15, 0.2) is 23.2 Å². The second kappa shape index (κ2) is 5.67. The smallest absolute Gasteiger partial charge is 0.231 e. The summed E-state index contributed by atoms with van der Waals surface area (Å²) in [5.41, 5.74) is 1.59. The third kappa shape index (κ3) is 2.87. The van der Waals surface area contributed by atoms with Crippen LogP contribution in [-0.4, -0.2) is 38.1 Å². The lowest BCUT2D eigenvalue weighted by Gasteiger charge is -2.02. The fourth-order valence-electron chi connectivity index (χ4n) is 1.85. The number of aromatic amines is 1. The van der Waals surface area contributed by atoms with Crippen molar-refractivity contribution < 1.29 is 14.1 Å². The van der Waals surface area contributed by atoms with E-state index in [1.54, 1.807) is 13.2 Å². The highest BCUT2D eigenvalue weighted by Crippen LogP contribution is 2.14. The van der Waals surface area contributed by atoms with Gasteiger partial charge in [0.15, 0.2) is 17.2 Å². The first-order chi connectivity index (χ1) is 10.3. The van der Waals surface area contributed by atoms with Crippen LogP contribution in [-0.2, 0) is 22.6 Å². The Morgan fingerprint density at radius 2 is 2.33 bits per heavy atom.